The number of hydrogen-bond donors (Lipinski definition) is 2. The van der Waals surface area contributed by atoms with E-state index < -0.39 is 6.04 Å². The van der Waals surface area contributed by atoms with E-state index in [9.17, 15) is 14.4 Å². The Hall–Kier alpha value is -5.41. The minimum Gasteiger partial charge on any atom is -0.493 e. The largest absolute Gasteiger partial charge is 0.493 e. The molecule has 2 heterocycles. The van der Waals surface area contributed by atoms with Gasteiger partial charge in [0.15, 0.2) is 11.5 Å². The zero-order valence-corrected chi connectivity index (χ0v) is 27.5. The van der Waals surface area contributed by atoms with E-state index in [2.05, 4.69) is 27.7 Å². The lowest BCUT2D eigenvalue weighted by molar-refractivity contribution is -0.140. The van der Waals surface area contributed by atoms with Crippen LogP contribution < -0.4 is 20.1 Å². The number of benzene rings is 4. The van der Waals surface area contributed by atoms with Gasteiger partial charge >= 0.3 is 0 Å². The molecule has 2 aliphatic heterocycles. The molecule has 2 aliphatic rings. The second-order valence-corrected chi connectivity index (χ2v) is 12.2. The predicted octanol–water partition coefficient (Wildman–Crippen LogP) is 5.10. The normalized spacial score (nSPS) is 17.1. The van der Waals surface area contributed by atoms with E-state index in [4.69, 9.17) is 9.47 Å². The number of nitrogens with zero attached hydrogens (tertiary/aromatic N) is 2. The topological polar surface area (TPSA) is 100 Å². The Morgan fingerprint density at radius 3 is 2.35 bits per heavy atom. The highest BCUT2D eigenvalue weighted by atomic mass is 16.5. The van der Waals surface area contributed by atoms with Gasteiger partial charge in [0.05, 0.1) is 14.2 Å². The average molecular weight is 645 g/mol. The molecule has 1 unspecified atom stereocenters. The lowest BCUT2D eigenvalue weighted by Crippen LogP contribution is -2.56. The Morgan fingerprint density at radius 1 is 0.896 bits per heavy atom. The van der Waals surface area contributed by atoms with Gasteiger partial charge in [0.25, 0.3) is 11.8 Å². The van der Waals surface area contributed by atoms with Crippen LogP contribution in [0.15, 0.2) is 96.7 Å². The summed E-state index contributed by atoms with van der Waals surface area (Å²) in [7, 11) is 4.97. The second kappa shape index (κ2) is 14.6. The van der Waals surface area contributed by atoms with Crippen LogP contribution in [0.3, 0.4) is 0 Å². The fraction of sp³-hybridized carbons (Fsp3) is 0.256. The van der Waals surface area contributed by atoms with Crippen molar-refractivity contribution >= 4 is 29.5 Å². The molecule has 1 fully saturated rings. The molecule has 0 aromatic heterocycles. The number of amides is 3. The van der Waals surface area contributed by atoms with Crippen molar-refractivity contribution < 1.29 is 23.9 Å². The van der Waals surface area contributed by atoms with Gasteiger partial charge in [0, 0.05) is 44.4 Å². The summed E-state index contributed by atoms with van der Waals surface area (Å²) in [5.74, 6) is 0.743. The zero-order chi connectivity index (χ0) is 33.6. The molecule has 1 atom stereocenters. The Bertz CT molecular complexity index is 1840. The van der Waals surface area contributed by atoms with Gasteiger partial charge in [-0.05, 0) is 83.1 Å². The standard InChI is InChI=1S/C39H40N4O5/c1-42-34(22-27-8-5-4-6-9-27)38(45)41-33(39(42)46)21-28-10-7-11-30(20-28)37(44)40-32-14-12-26(13-15-32)16-18-43-19-17-29-23-35(47-2)36(48-3)24-31(29)25-43/h4-15,20-21,23-24,34H,16-19,22,25H2,1-3H3,(H,40,44)(H,41,45). The van der Waals surface area contributed by atoms with Crippen LogP contribution in [0, 0.1) is 0 Å². The smallest absolute Gasteiger partial charge is 0.270 e. The van der Waals surface area contributed by atoms with Crippen molar-refractivity contribution in [3.05, 3.63) is 130 Å². The second-order valence-electron chi connectivity index (χ2n) is 12.2. The third-order valence-electron chi connectivity index (χ3n) is 9.04. The number of hydrogen-bond acceptors (Lipinski definition) is 6. The molecule has 48 heavy (non-hydrogen) atoms. The van der Waals surface area contributed by atoms with Gasteiger partial charge in [0.1, 0.15) is 11.7 Å². The number of anilines is 1. The Labute approximate surface area is 281 Å². The maximum absolute atomic E-state index is 13.1. The van der Waals surface area contributed by atoms with Crippen molar-refractivity contribution in [1.82, 2.24) is 15.1 Å². The summed E-state index contributed by atoms with van der Waals surface area (Å²) >= 11 is 0. The van der Waals surface area contributed by atoms with Gasteiger partial charge < -0.3 is 25.0 Å². The number of methoxy groups -OCH3 is 2. The first-order valence-electron chi connectivity index (χ1n) is 16.1. The molecule has 1 saturated heterocycles. The van der Waals surface area contributed by atoms with Crippen molar-refractivity contribution in [2.24, 2.45) is 0 Å². The summed E-state index contributed by atoms with van der Waals surface area (Å²) < 4.78 is 11.0. The highest BCUT2D eigenvalue weighted by Gasteiger charge is 2.35. The maximum atomic E-state index is 13.1. The van der Waals surface area contributed by atoms with E-state index in [0.717, 1.165) is 49.5 Å². The van der Waals surface area contributed by atoms with Gasteiger partial charge in [0.2, 0.25) is 5.91 Å². The van der Waals surface area contributed by atoms with Gasteiger partial charge in [-0.15, -0.1) is 0 Å². The molecule has 0 aliphatic carbocycles. The predicted molar refractivity (Wildman–Crippen MR) is 186 cm³/mol. The summed E-state index contributed by atoms with van der Waals surface area (Å²) in [5, 5.41) is 5.74. The monoisotopic (exact) mass is 644 g/mol. The van der Waals surface area contributed by atoms with E-state index in [1.165, 1.54) is 21.6 Å². The summed E-state index contributed by atoms with van der Waals surface area (Å²) in [4.78, 5) is 43.2. The lowest BCUT2D eigenvalue weighted by Gasteiger charge is -2.33. The quantitative estimate of drug-likeness (QED) is 0.233. The minimum atomic E-state index is -0.600. The highest BCUT2D eigenvalue weighted by molar-refractivity contribution is 6.08. The van der Waals surface area contributed by atoms with Gasteiger partial charge in [-0.25, -0.2) is 0 Å². The molecular weight excluding hydrogens is 604 g/mol. The Kier molecular flexibility index (Phi) is 9.87. The van der Waals surface area contributed by atoms with Crippen LogP contribution in [0.5, 0.6) is 11.5 Å². The van der Waals surface area contributed by atoms with E-state index in [0.29, 0.717) is 23.2 Å². The number of nitrogens with one attached hydrogen (secondary N) is 2. The molecule has 4 aromatic carbocycles. The molecule has 9 nitrogen and oxygen atoms in total. The molecule has 0 spiro atoms. The number of carbonyl (C=O) groups is 3. The Morgan fingerprint density at radius 2 is 1.62 bits per heavy atom. The molecule has 6 rings (SSSR count). The average Bonchev–Trinajstić information content (AvgIpc) is 3.11. The first kappa shape index (κ1) is 32.5. The fourth-order valence-electron chi connectivity index (χ4n) is 6.26. The van der Waals surface area contributed by atoms with E-state index in [1.54, 1.807) is 51.6 Å². The van der Waals surface area contributed by atoms with Crippen LogP contribution in [-0.2, 0) is 35.4 Å². The minimum absolute atomic E-state index is 0.175. The van der Waals surface area contributed by atoms with Crippen LogP contribution in [0.25, 0.3) is 6.08 Å². The fourth-order valence-corrected chi connectivity index (χ4v) is 6.26. The molecule has 4 aromatic rings. The van der Waals surface area contributed by atoms with Crippen LogP contribution in [0.2, 0.25) is 0 Å². The summed E-state index contributed by atoms with van der Waals surface area (Å²) in [6.45, 7) is 2.78. The number of likely N-dealkylation sites (N-methyl/N-ethyl adjacent to an activating group) is 1. The van der Waals surface area contributed by atoms with Gasteiger partial charge in [-0.3, -0.25) is 19.3 Å². The van der Waals surface area contributed by atoms with Crippen LogP contribution in [0.4, 0.5) is 5.69 Å². The lowest BCUT2D eigenvalue weighted by atomic mass is 9.98. The molecule has 9 heteroatoms. The van der Waals surface area contributed by atoms with E-state index in [-0.39, 0.29) is 23.4 Å². The van der Waals surface area contributed by atoms with Crippen molar-refractivity contribution in [1.29, 1.82) is 0 Å². The first-order chi connectivity index (χ1) is 23.3. The van der Waals surface area contributed by atoms with Crippen LogP contribution in [0.1, 0.15) is 38.2 Å². The highest BCUT2D eigenvalue weighted by Crippen LogP contribution is 2.33. The van der Waals surface area contributed by atoms with Crippen molar-refractivity contribution in [2.75, 3.05) is 39.7 Å². The SMILES string of the molecule is COc1cc2c(cc1OC)CN(CCc1ccc(NC(=O)c3cccc(C=C4NC(=O)C(Cc5ccccc5)N(C)C4=O)c3)cc1)CC2. The summed E-state index contributed by atoms with van der Waals surface area (Å²) in [6.07, 6.45) is 3.90. The number of rotatable bonds is 10. The number of fused-ring (bicyclic) bond motifs is 1. The number of ether oxygens (including phenoxy) is 2. The maximum Gasteiger partial charge on any atom is 0.270 e. The first-order valence-corrected chi connectivity index (χ1v) is 16.1. The summed E-state index contributed by atoms with van der Waals surface area (Å²) in [5.41, 5.74) is 6.69. The van der Waals surface area contributed by atoms with Crippen molar-refractivity contribution in [2.45, 2.75) is 31.8 Å². The van der Waals surface area contributed by atoms with Crippen LogP contribution in [-0.4, -0.2) is 67.9 Å². The molecule has 0 saturated carbocycles. The van der Waals surface area contributed by atoms with Crippen LogP contribution >= 0.6 is 0 Å². The van der Waals surface area contributed by atoms with Crippen molar-refractivity contribution in [3.8, 4) is 11.5 Å². The van der Waals surface area contributed by atoms with E-state index >= 15 is 0 Å². The molecular formula is C39H40N4O5. The third-order valence-corrected chi connectivity index (χ3v) is 9.04. The molecule has 3 amide bonds. The molecule has 0 bridgehead atoms. The van der Waals surface area contributed by atoms with Crippen molar-refractivity contribution in [3.63, 3.8) is 0 Å². The van der Waals surface area contributed by atoms with E-state index in [1.807, 2.05) is 54.6 Å². The number of carbonyl (C=O) groups excluding carboxylic acids is 3. The van der Waals surface area contributed by atoms with Gasteiger partial charge in [-0.1, -0.05) is 54.6 Å². The molecule has 246 valence electrons. The molecule has 0 radical (unpaired) electrons. The Balaban J connectivity index is 1.03. The number of piperazine rings is 1. The molecule has 2 N–H and O–H groups in total. The van der Waals surface area contributed by atoms with Gasteiger partial charge in [-0.2, -0.15) is 0 Å². The summed E-state index contributed by atoms with van der Waals surface area (Å²) in [6, 6.07) is 28.1. The third kappa shape index (κ3) is 7.42. The zero-order valence-electron chi connectivity index (χ0n) is 27.5.